The molecule has 0 bridgehead atoms. The molecule has 0 radical (unpaired) electrons. The predicted molar refractivity (Wildman–Crippen MR) is 54.5 cm³/mol. The molecule has 0 aromatic carbocycles. The van der Waals surface area contributed by atoms with Crippen LogP contribution >= 0.6 is 0 Å². The summed E-state index contributed by atoms with van der Waals surface area (Å²) in [6, 6.07) is 0. The van der Waals surface area contributed by atoms with Gasteiger partial charge < -0.3 is 5.11 Å². The molecule has 0 rings (SSSR count). The van der Waals surface area contributed by atoms with E-state index in [4.69, 9.17) is 5.11 Å². The van der Waals surface area contributed by atoms with Crippen molar-refractivity contribution in [1.29, 1.82) is 0 Å². The molecule has 0 saturated heterocycles. The van der Waals surface area contributed by atoms with E-state index in [2.05, 4.69) is 0 Å². The summed E-state index contributed by atoms with van der Waals surface area (Å²) in [6.07, 6.45) is -5.07. The molecule has 0 aromatic rings. The molecule has 0 heterocycles. The van der Waals surface area contributed by atoms with Crippen LogP contribution in [0.4, 0.5) is 13.2 Å². The average molecular weight is 226 g/mol. The first-order chi connectivity index (χ1) is 6.61. The first-order valence-corrected chi connectivity index (χ1v) is 5.36. The number of halogens is 3. The lowest BCUT2D eigenvalue weighted by Crippen LogP contribution is -2.34. The van der Waals surface area contributed by atoms with E-state index in [0.29, 0.717) is 0 Å². The number of aliphatic hydroxyl groups is 1. The smallest absolute Gasteiger partial charge is 0.384 e. The van der Waals surface area contributed by atoms with Gasteiger partial charge in [0.05, 0.1) is 0 Å². The summed E-state index contributed by atoms with van der Waals surface area (Å²) in [5, 5.41) is 8.96. The topological polar surface area (TPSA) is 20.2 Å². The van der Waals surface area contributed by atoms with Crippen LogP contribution < -0.4 is 0 Å². The van der Waals surface area contributed by atoms with Gasteiger partial charge in [-0.2, -0.15) is 13.2 Å². The van der Waals surface area contributed by atoms with Crippen molar-refractivity contribution in [3.63, 3.8) is 0 Å². The minimum atomic E-state index is -4.49. The van der Waals surface area contributed by atoms with Gasteiger partial charge in [0.2, 0.25) is 0 Å². The second kappa shape index (κ2) is 5.19. The molecular formula is C11H21F3O. The molecular weight excluding hydrogens is 205 g/mol. The number of hydrogen-bond acceptors (Lipinski definition) is 1. The first-order valence-electron chi connectivity index (χ1n) is 5.36. The third-order valence-corrected chi connectivity index (χ3v) is 3.18. The lowest BCUT2D eigenvalue weighted by Gasteiger charge is -2.33. The molecule has 0 aromatic heterocycles. The van der Waals surface area contributed by atoms with E-state index in [9.17, 15) is 13.2 Å². The van der Waals surface area contributed by atoms with Gasteiger partial charge in [0.15, 0.2) is 0 Å². The standard InChI is InChI=1S/C11H21F3O/c1-5-6-10(3,4)8(2)7-9(15)11(12,13)14/h8-9,15H,5-7H2,1-4H3. The molecule has 0 aliphatic rings. The number of rotatable bonds is 5. The summed E-state index contributed by atoms with van der Waals surface area (Å²) in [6.45, 7) is 7.67. The highest BCUT2D eigenvalue weighted by molar-refractivity contribution is 4.79. The number of alkyl halides is 3. The van der Waals surface area contributed by atoms with E-state index < -0.39 is 12.3 Å². The average Bonchev–Trinajstić information content (AvgIpc) is 2.01. The van der Waals surface area contributed by atoms with Gasteiger partial charge >= 0.3 is 6.18 Å². The summed E-state index contributed by atoms with van der Waals surface area (Å²) < 4.78 is 36.4. The van der Waals surface area contributed by atoms with E-state index in [1.54, 1.807) is 6.92 Å². The van der Waals surface area contributed by atoms with Gasteiger partial charge in [0.1, 0.15) is 6.10 Å². The molecule has 0 spiro atoms. The molecule has 92 valence electrons. The maximum Gasteiger partial charge on any atom is 0.414 e. The number of aliphatic hydroxyl groups excluding tert-OH is 1. The third-order valence-electron chi connectivity index (χ3n) is 3.18. The second-order valence-corrected chi connectivity index (χ2v) is 4.93. The molecule has 4 heteroatoms. The second-order valence-electron chi connectivity index (χ2n) is 4.93. The molecule has 1 nitrogen and oxygen atoms in total. The van der Waals surface area contributed by atoms with Crippen LogP contribution in [-0.2, 0) is 0 Å². The Morgan fingerprint density at radius 3 is 2.00 bits per heavy atom. The molecule has 15 heavy (non-hydrogen) atoms. The van der Waals surface area contributed by atoms with Gasteiger partial charge in [-0.05, 0) is 24.2 Å². The van der Waals surface area contributed by atoms with Crippen molar-refractivity contribution >= 4 is 0 Å². The lowest BCUT2D eigenvalue weighted by atomic mass is 9.74. The molecule has 2 atom stereocenters. The van der Waals surface area contributed by atoms with E-state index in [1.165, 1.54) is 0 Å². The van der Waals surface area contributed by atoms with Crippen molar-refractivity contribution in [2.75, 3.05) is 0 Å². The zero-order chi connectivity index (χ0) is 12.3. The largest absolute Gasteiger partial charge is 0.414 e. The van der Waals surface area contributed by atoms with E-state index in [-0.39, 0.29) is 17.8 Å². The monoisotopic (exact) mass is 226 g/mol. The molecule has 0 aliphatic carbocycles. The Balaban J connectivity index is 4.30. The van der Waals surface area contributed by atoms with Gasteiger partial charge in [-0.15, -0.1) is 0 Å². The Morgan fingerprint density at radius 2 is 1.67 bits per heavy atom. The minimum absolute atomic E-state index is 0.144. The molecule has 0 fully saturated rings. The summed E-state index contributed by atoms with van der Waals surface area (Å²) >= 11 is 0. The highest BCUT2D eigenvalue weighted by Crippen LogP contribution is 2.37. The molecule has 1 N–H and O–H groups in total. The molecule has 2 unspecified atom stereocenters. The van der Waals surface area contributed by atoms with E-state index >= 15 is 0 Å². The van der Waals surface area contributed by atoms with Crippen LogP contribution in [0, 0.1) is 11.3 Å². The molecule has 0 amide bonds. The van der Waals surface area contributed by atoms with Crippen LogP contribution in [0.15, 0.2) is 0 Å². The maximum absolute atomic E-state index is 12.1. The van der Waals surface area contributed by atoms with Crippen molar-refractivity contribution in [3.8, 4) is 0 Å². The quantitative estimate of drug-likeness (QED) is 0.756. The van der Waals surface area contributed by atoms with Crippen LogP contribution in [0.2, 0.25) is 0 Å². The van der Waals surface area contributed by atoms with Crippen molar-refractivity contribution < 1.29 is 18.3 Å². The van der Waals surface area contributed by atoms with Crippen molar-refractivity contribution in [3.05, 3.63) is 0 Å². The third kappa shape index (κ3) is 4.87. The zero-order valence-corrected chi connectivity index (χ0v) is 9.86. The Kier molecular flexibility index (Phi) is 5.10. The first kappa shape index (κ1) is 14.8. The maximum atomic E-state index is 12.1. The van der Waals surface area contributed by atoms with E-state index in [0.717, 1.165) is 12.8 Å². The highest BCUT2D eigenvalue weighted by Gasteiger charge is 2.40. The van der Waals surface area contributed by atoms with Gasteiger partial charge in [-0.25, -0.2) is 0 Å². The van der Waals surface area contributed by atoms with Crippen molar-refractivity contribution in [2.24, 2.45) is 11.3 Å². The Bertz CT molecular complexity index is 187. The lowest BCUT2D eigenvalue weighted by molar-refractivity contribution is -0.210. The minimum Gasteiger partial charge on any atom is -0.384 e. The Morgan fingerprint density at radius 1 is 1.20 bits per heavy atom. The van der Waals surface area contributed by atoms with Gasteiger partial charge in [-0.3, -0.25) is 0 Å². The van der Waals surface area contributed by atoms with Crippen LogP contribution in [0.3, 0.4) is 0 Å². The molecule has 0 aliphatic heterocycles. The summed E-state index contributed by atoms with van der Waals surface area (Å²) in [7, 11) is 0. The zero-order valence-electron chi connectivity index (χ0n) is 9.86. The van der Waals surface area contributed by atoms with Gasteiger partial charge in [0.25, 0.3) is 0 Å². The fourth-order valence-electron chi connectivity index (χ4n) is 1.68. The fraction of sp³-hybridized carbons (Fsp3) is 1.00. The normalized spacial score (nSPS) is 17.6. The van der Waals surface area contributed by atoms with Crippen LogP contribution in [0.5, 0.6) is 0 Å². The Hall–Kier alpha value is -0.250. The Labute approximate surface area is 89.7 Å². The fourth-order valence-corrected chi connectivity index (χ4v) is 1.68. The SMILES string of the molecule is CCCC(C)(C)C(C)CC(O)C(F)(F)F. The van der Waals surface area contributed by atoms with Crippen molar-refractivity contribution in [1.82, 2.24) is 0 Å². The van der Waals surface area contributed by atoms with Crippen molar-refractivity contribution in [2.45, 2.75) is 59.2 Å². The summed E-state index contributed by atoms with van der Waals surface area (Å²) in [5.41, 5.74) is -0.152. The van der Waals surface area contributed by atoms with Gasteiger partial charge in [-0.1, -0.05) is 34.1 Å². The summed E-state index contributed by atoms with van der Waals surface area (Å²) in [4.78, 5) is 0. The highest BCUT2D eigenvalue weighted by atomic mass is 19.4. The molecule has 0 saturated carbocycles. The van der Waals surface area contributed by atoms with E-state index in [1.807, 2.05) is 20.8 Å². The van der Waals surface area contributed by atoms with Crippen LogP contribution in [-0.4, -0.2) is 17.4 Å². The van der Waals surface area contributed by atoms with Gasteiger partial charge in [0, 0.05) is 0 Å². The van der Waals surface area contributed by atoms with Crippen LogP contribution in [0.1, 0.15) is 47.0 Å². The summed E-state index contributed by atoms with van der Waals surface area (Å²) in [5.74, 6) is -0.144. The van der Waals surface area contributed by atoms with Crippen LogP contribution in [0.25, 0.3) is 0 Å². The predicted octanol–water partition coefficient (Wildman–Crippen LogP) is 3.76. The number of hydrogen-bond donors (Lipinski definition) is 1.